The number of rotatable bonds is 7. The van der Waals surface area contributed by atoms with Crippen LogP contribution in [0.2, 0.25) is 5.02 Å². The smallest absolute Gasteiger partial charge is 0.263 e. The Hall–Kier alpha value is -1.83. The third-order valence-electron chi connectivity index (χ3n) is 4.70. The summed E-state index contributed by atoms with van der Waals surface area (Å²) in [6, 6.07) is 7.56. The van der Waals surface area contributed by atoms with Crippen molar-refractivity contribution in [2.45, 2.75) is 45.3 Å². The van der Waals surface area contributed by atoms with Crippen molar-refractivity contribution < 1.29 is 4.79 Å². The maximum atomic E-state index is 13.0. The SMILES string of the molecule is Cc1sc2nc(SCC(=O)NCCc3ccc(Cl)cc3)n(C(C)C)c(=O)c2c1C. The van der Waals surface area contributed by atoms with Crippen LogP contribution in [0.4, 0.5) is 0 Å². The van der Waals surface area contributed by atoms with E-state index in [0.717, 1.165) is 27.3 Å². The van der Waals surface area contributed by atoms with Crippen LogP contribution >= 0.6 is 34.7 Å². The van der Waals surface area contributed by atoms with Crippen molar-refractivity contribution in [3.8, 4) is 0 Å². The van der Waals surface area contributed by atoms with Gasteiger partial charge in [-0.15, -0.1) is 11.3 Å². The van der Waals surface area contributed by atoms with Crippen LogP contribution in [-0.2, 0) is 11.2 Å². The van der Waals surface area contributed by atoms with Crippen molar-refractivity contribution in [1.29, 1.82) is 0 Å². The first-order valence-corrected chi connectivity index (χ1v) is 11.6. The number of hydrogen-bond acceptors (Lipinski definition) is 5. The highest BCUT2D eigenvalue weighted by molar-refractivity contribution is 7.99. The predicted octanol–water partition coefficient (Wildman–Crippen LogP) is 4.76. The third kappa shape index (κ3) is 5.02. The maximum Gasteiger partial charge on any atom is 0.263 e. The standard InChI is InChI=1S/C21H24ClN3O2S2/c1-12(2)25-20(27)18-13(3)14(4)29-19(18)24-21(25)28-11-17(26)23-10-9-15-5-7-16(22)8-6-15/h5-8,12H,9-11H2,1-4H3,(H,23,26). The van der Waals surface area contributed by atoms with Gasteiger partial charge in [0, 0.05) is 22.5 Å². The normalized spacial score (nSPS) is 11.4. The van der Waals surface area contributed by atoms with Crippen molar-refractivity contribution in [3.05, 3.63) is 55.6 Å². The summed E-state index contributed by atoms with van der Waals surface area (Å²) in [7, 11) is 0. The zero-order valence-electron chi connectivity index (χ0n) is 16.9. The van der Waals surface area contributed by atoms with Crippen molar-refractivity contribution >= 4 is 50.8 Å². The molecule has 0 spiro atoms. The van der Waals surface area contributed by atoms with E-state index in [1.54, 1.807) is 4.57 Å². The van der Waals surface area contributed by atoms with Crippen LogP contribution in [0.3, 0.4) is 0 Å². The Morgan fingerprint density at radius 3 is 2.62 bits per heavy atom. The second kappa shape index (κ2) is 9.32. The molecule has 1 aromatic carbocycles. The highest BCUT2D eigenvalue weighted by Crippen LogP contribution is 2.29. The Balaban J connectivity index is 1.67. The van der Waals surface area contributed by atoms with Gasteiger partial charge in [-0.3, -0.25) is 14.2 Å². The molecule has 8 heteroatoms. The Kier molecular flexibility index (Phi) is 7.03. The Morgan fingerprint density at radius 2 is 1.97 bits per heavy atom. The minimum absolute atomic E-state index is 0.0301. The molecule has 0 radical (unpaired) electrons. The maximum absolute atomic E-state index is 13.0. The van der Waals surface area contributed by atoms with Gasteiger partial charge in [0.05, 0.1) is 11.1 Å². The number of amides is 1. The van der Waals surface area contributed by atoms with E-state index in [0.29, 0.717) is 22.1 Å². The lowest BCUT2D eigenvalue weighted by molar-refractivity contribution is -0.118. The summed E-state index contributed by atoms with van der Waals surface area (Å²) in [6.45, 7) is 8.43. The fraction of sp³-hybridized carbons (Fsp3) is 0.381. The van der Waals surface area contributed by atoms with Gasteiger partial charge in [0.15, 0.2) is 5.16 Å². The van der Waals surface area contributed by atoms with Crippen molar-refractivity contribution in [1.82, 2.24) is 14.9 Å². The molecule has 3 rings (SSSR count). The van der Waals surface area contributed by atoms with Crippen LogP contribution in [0.25, 0.3) is 10.2 Å². The minimum Gasteiger partial charge on any atom is -0.355 e. The molecule has 0 aliphatic carbocycles. The number of aromatic nitrogens is 2. The Bertz CT molecular complexity index is 1090. The number of halogens is 1. The molecule has 2 heterocycles. The van der Waals surface area contributed by atoms with Gasteiger partial charge in [0.25, 0.3) is 5.56 Å². The number of hydrogen-bond donors (Lipinski definition) is 1. The Labute approximate surface area is 183 Å². The van der Waals surface area contributed by atoms with Gasteiger partial charge in [-0.25, -0.2) is 4.98 Å². The van der Waals surface area contributed by atoms with Crippen molar-refractivity contribution in [3.63, 3.8) is 0 Å². The molecule has 3 aromatic rings. The first kappa shape index (κ1) is 21.9. The summed E-state index contributed by atoms with van der Waals surface area (Å²) < 4.78 is 1.69. The van der Waals surface area contributed by atoms with Crippen molar-refractivity contribution in [2.24, 2.45) is 0 Å². The summed E-state index contributed by atoms with van der Waals surface area (Å²) in [5.41, 5.74) is 2.08. The van der Waals surface area contributed by atoms with Crippen LogP contribution < -0.4 is 10.9 Å². The summed E-state index contributed by atoms with van der Waals surface area (Å²) in [4.78, 5) is 31.9. The largest absolute Gasteiger partial charge is 0.355 e. The zero-order valence-corrected chi connectivity index (χ0v) is 19.3. The van der Waals surface area contributed by atoms with E-state index in [9.17, 15) is 9.59 Å². The van der Waals surface area contributed by atoms with E-state index in [1.807, 2.05) is 52.0 Å². The van der Waals surface area contributed by atoms with Crippen LogP contribution in [0.15, 0.2) is 34.2 Å². The van der Waals surface area contributed by atoms with Gasteiger partial charge in [-0.05, 0) is 57.4 Å². The molecule has 0 aliphatic heterocycles. The lowest BCUT2D eigenvalue weighted by atomic mass is 10.1. The van der Waals surface area contributed by atoms with E-state index in [1.165, 1.54) is 23.1 Å². The van der Waals surface area contributed by atoms with E-state index >= 15 is 0 Å². The lowest BCUT2D eigenvalue weighted by Crippen LogP contribution is -2.29. The van der Waals surface area contributed by atoms with Gasteiger partial charge in [0.2, 0.25) is 5.91 Å². The summed E-state index contributed by atoms with van der Waals surface area (Å²) in [6.07, 6.45) is 0.738. The molecule has 5 nitrogen and oxygen atoms in total. The molecule has 0 saturated carbocycles. The molecule has 0 atom stereocenters. The number of aryl methyl sites for hydroxylation is 2. The van der Waals surface area contributed by atoms with E-state index in [4.69, 9.17) is 16.6 Å². The Morgan fingerprint density at radius 1 is 1.28 bits per heavy atom. The molecule has 0 bridgehead atoms. The fourth-order valence-corrected chi connectivity index (χ4v) is 5.18. The number of nitrogens with one attached hydrogen (secondary N) is 1. The van der Waals surface area contributed by atoms with Gasteiger partial charge < -0.3 is 5.32 Å². The van der Waals surface area contributed by atoms with Crippen molar-refractivity contribution in [2.75, 3.05) is 12.3 Å². The number of carbonyl (C=O) groups is 1. The monoisotopic (exact) mass is 449 g/mol. The van der Waals surface area contributed by atoms with Gasteiger partial charge in [-0.1, -0.05) is 35.5 Å². The van der Waals surface area contributed by atoms with Crippen LogP contribution in [0.5, 0.6) is 0 Å². The van der Waals surface area contributed by atoms with E-state index in [-0.39, 0.29) is 23.3 Å². The van der Waals surface area contributed by atoms with Crippen LogP contribution in [0, 0.1) is 13.8 Å². The van der Waals surface area contributed by atoms with E-state index < -0.39 is 0 Å². The lowest BCUT2D eigenvalue weighted by Gasteiger charge is -2.15. The first-order chi connectivity index (χ1) is 13.8. The second-order valence-corrected chi connectivity index (χ2v) is 9.72. The molecule has 154 valence electrons. The van der Waals surface area contributed by atoms with Gasteiger partial charge in [-0.2, -0.15) is 0 Å². The fourth-order valence-electron chi connectivity index (χ4n) is 3.02. The molecule has 0 saturated heterocycles. The second-order valence-electron chi connectivity index (χ2n) is 7.14. The molecular weight excluding hydrogens is 426 g/mol. The van der Waals surface area contributed by atoms with Crippen LogP contribution in [-0.4, -0.2) is 27.8 Å². The average molecular weight is 450 g/mol. The molecule has 0 fully saturated rings. The number of fused-ring (bicyclic) bond motifs is 1. The average Bonchev–Trinajstić information content (AvgIpc) is 2.95. The molecule has 1 amide bonds. The highest BCUT2D eigenvalue weighted by atomic mass is 35.5. The zero-order chi connectivity index (χ0) is 21.1. The summed E-state index contributed by atoms with van der Waals surface area (Å²) in [5.74, 6) is 0.140. The van der Waals surface area contributed by atoms with E-state index in [2.05, 4.69) is 5.32 Å². The number of thioether (sulfide) groups is 1. The highest BCUT2D eigenvalue weighted by Gasteiger charge is 2.19. The quantitative estimate of drug-likeness (QED) is 0.417. The van der Waals surface area contributed by atoms with Gasteiger partial charge in [0.1, 0.15) is 4.83 Å². The number of carbonyl (C=O) groups excluding carboxylic acids is 1. The third-order valence-corrected chi connectivity index (χ3v) is 7.01. The topological polar surface area (TPSA) is 64.0 Å². The summed E-state index contributed by atoms with van der Waals surface area (Å²) in [5, 5.41) is 4.91. The molecule has 29 heavy (non-hydrogen) atoms. The number of benzene rings is 1. The number of thiophene rings is 1. The van der Waals surface area contributed by atoms with Gasteiger partial charge >= 0.3 is 0 Å². The summed E-state index contributed by atoms with van der Waals surface area (Å²) >= 11 is 8.72. The molecule has 0 aliphatic rings. The molecule has 1 N–H and O–H groups in total. The molecule has 2 aromatic heterocycles. The van der Waals surface area contributed by atoms with Crippen LogP contribution in [0.1, 0.15) is 35.9 Å². The minimum atomic E-state index is -0.0767. The number of nitrogens with zero attached hydrogens (tertiary/aromatic N) is 2. The first-order valence-electron chi connectivity index (χ1n) is 9.44. The predicted molar refractivity (Wildman–Crippen MR) is 123 cm³/mol. The molecule has 0 unspecified atom stereocenters. The molecular formula is C21H24ClN3O2S2.